The SMILES string of the molecule is CCOc1ccc([C@H]2c3c(oc4ccccc4c3=O)C(=O)N2CCO)cc1OC. The number of benzene rings is 2. The number of β-amino-alcohol motifs (C(OH)–C–C–N with tert-alkyl or cyclic N) is 1. The Kier molecular flexibility index (Phi) is 4.98. The van der Waals surface area contributed by atoms with Crippen LogP contribution in [0.2, 0.25) is 0 Å². The van der Waals surface area contributed by atoms with Gasteiger partial charge in [0.25, 0.3) is 5.91 Å². The van der Waals surface area contributed by atoms with Crippen LogP contribution >= 0.6 is 0 Å². The number of carbonyl (C=O) groups is 1. The Bertz CT molecular complexity index is 1140. The van der Waals surface area contributed by atoms with E-state index < -0.39 is 11.9 Å². The van der Waals surface area contributed by atoms with E-state index in [0.29, 0.717) is 34.6 Å². The number of methoxy groups -OCH3 is 1. The molecule has 0 saturated carbocycles. The van der Waals surface area contributed by atoms with Crippen molar-refractivity contribution in [2.45, 2.75) is 13.0 Å². The molecule has 150 valence electrons. The molecule has 1 aliphatic heterocycles. The van der Waals surface area contributed by atoms with Crippen molar-refractivity contribution in [1.82, 2.24) is 4.90 Å². The first-order valence-electron chi connectivity index (χ1n) is 9.39. The van der Waals surface area contributed by atoms with Crippen LogP contribution in [-0.4, -0.2) is 42.8 Å². The molecule has 0 aliphatic carbocycles. The fraction of sp³-hybridized carbons (Fsp3) is 0.273. The second-order valence-electron chi connectivity index (χ2n) is 6.64. The summed E-state index contributed by atoms with van der Waals surface area (Å²) in [6.07, 6.45) is 0. The highest BCUT2D eigenvalue weighted by Gasteiger charge is 2.42. The Morgan fingerprint density at radius 1 is 1.14 bits per heavy atom. The lowest BCUT2D eigenvalue weighted by atomic mass is 9.98. The zero-order valence-electron chi connectivity index (χ0n) is 16.2. The van der Waals surface area contributed by atoms with Gasteiger partial charge in [0, 0.05) is 6.54 Å². The number of aliphatic hydroxyl groups is 1. The van der Waals surface area contributed by atoms with Crippen molar-refractivity contribution in [3.8, 4) is 11.5 Å². The van der Waals surface area contributed by atoms with Gasteiger partial charge < -0.3 is 23.9 Å². The molecule has 0 unspecified atom stereocenters. The summed E-state index contributed by atoms with van der Waals surface area (Å²) in [4.78, 5) is 27.7. The molecular weight excluding hydrogens is 374 g/mol. The maximum absolute atomic E-state index is 13.3. The maximum Gasteiger partial charge on any atom is 0.290 e. The lowest BCUT2D eigenvalue weighted by Crippen LogP contribution is -2.32. The molecule has 1 aliphatic rings. The number of hydrogen-bond donors (Lipinski definition) is 1. The van der Waals surface area contributed by atoms with Gasteiger partial charge >= 0.3 is 0 Å². The summed E-state index contributed by atoms with van der Waals surface area (Å²) in [5, 5.41) is 9.92. The fourth-order valence-corrected chi connectivity index (χ4v) is 3.78. The molecule has 7 nitrogen and oxygen atoms in total. The minimum Gasteiger partial charge on any atom is -0.493 e. The van der Waals surface area contributed by atoms with E-state index in [0.717, 1.165) is 0 Å². The Balaban J connectivity index is 1.94. The average molecular weight is 395 g/mol. The average Bonchev–Trinajstić information content (AvgIpc) is 3.01. The molecule has 0 fully saturated rings. The number of carbonyl (C=O) groups excluding carboxylic acids is 1. The molecule has 2 heterocycles. The molecule has 2 aromatic carbocycles. The first-order valence-corrected chi connectivity index (χ1v) is 9.39. The molecule has 29 heavy (non-hydrogen) atoms. The van der Waals surface area contributed by atoms with Gasteiger partial charge in [0.1, 0.15) is 5.58 Å². The van der Waals surface area contributed by atoms with Gasteiger partial charge in [0.2, 0.25) is 5.76 Å². The number of nitrogens with zero attached hydrogens (tertiary/aromatic N) is 1. The molecule has 0 spiro atoms. The van der Waals surface area contributed by atoms with Crippen LogP contribution in [0.3, 0.4) is 0 Å². The zero-order chi connectivity index (χ0) is 20.5. The molecule has 1 N–H and O–H groups in total. The summed E-state index contributed by atoms with van der Waals surface area (Å²) in [6.45, 7) is 2.18. The third-order valence-corrected chi connectivity index (χ3v) is 5.02. The molecule has 1 aromatic heterocycles. The number of para-hydroxylation sites is 1. The minimum absolute atomic E-state index is 0.0139. The standard InChI is InChI=1S/C22H21NO6/c1-3-28-16-9-8-13(12-17(16)27-2)19-18-20(25)14-6-4-5-7-15(14)29-21(18)22(26)23(19)10-11-24/h4-9,12,19,24H,3,10-11H2,1-2H3/t19-/m0/s1. The monoisotopic (exact) mass is 395 g/mol. The van der Waals surface area contributed by atoms with Gasteiger partial charge in [-0.2, -0.15) is 0 Å². The molecule has 1 atom stereocenters. The van der Waals surface area contributed by atoms with E-state index in [1.54, 1.807) is 42.5 Å². The van der Waals surface area contributed by atoms with E-state index in [1.807, 2.05) is 6.92 Å². The summed E-state index contributed by atoms with van der Waals surface area (Å²) in [5.41, 5.74) is 1.05. The van der Waals surface area contributed by atoms with E-state index in [2.05, 4.69) is 0 Å². The van der Waals surface area contributed by atoms with E-state index in [9.17, 15) is 14.7 Å². The zero-order valence-corrected chi connectivity index (χ0v) is 16.2. The van der Waals surface area contributed by atoms with Crippen LogP contribution in [0.25, 0.3) is 11.0 Å². The number of fused-ring (bicyclic) bond motifs is 2. The predicted molar refractivity (Wildman–Crippen MR) is 107 cm³/mol. The van der Waals surface area contributed by atoms with Gasteiger partial charge in [-0.25, -0.2) is 0 Å². The van der Waals surface area contributed by atoms with Crippen LogP contribution in [0.15, 0.2) is 51.7 Å². The Morgan fingerprint density at radius 2 is 1.93 bits per heavy atom. The van der Waals surface area contributed by atoms with Crippen LogP contribution in [0.4, 0.5) is 0 Å². The minimum atomic E-state index is -0.685. The van der Waals surface area contributed by atoms with Crippen molar-refractivity contribution in [2.75, 3.05) is 26.9 Å². The molecule has 7 heteroatoms. The molecule has 3 aromatic rings. The van der Waals surface area contributed by atoms with Gasteiger partial charge in [0.05, 0.1) is 37.3 Å². The van der Waals surface area contributed by atoms with Crippen LogP contribution in [0, 0.1) is 0 Å². The van der Waals surface area contributed by atoms with Crippen molar-refractivity contribution in [2.24, 2.45) is 0 Å². The highest BCUT2D eigenvalue weighted by Crippen LogP contribution is 2.40. The fourth-order valence-electron chi connectivity index (χ4n) is 3.78. The van der Waals surface area contributed by atoms with Crippen LogP contribution in [0.5, 0.6) is 11.5 Å². The number of rotatable bonds is 6. The second kappa shape index (κ2) is 7.60. The molecule has 4 rings (SSSR count). The van der Waals surface area contributed by atoms with Gasteiger partial charge in [-0.05, 0) is 36.8 Å². The van der Waals surface area contributed by atoms with Gasteiger partial charge in [-0.3, -0.25) is 9.59 Å². The van der Waals surface area contributed by atoms with Crippen LogP contribution in [-0.2, 0) is 0 Å². The highest BCUT2D eigenvalue weighted by atomic mass is 16.5. The summed E-state index contributed by atoms with van der Waals surface area (Å²) in [7, 11) is 1.53. The summed E-state index contributed by atoms with van der Waals surface area (Å²) in [5.74, 6) is 0.664. The second-order valence-corrected chi connectivity index (χ2v) is 6.64. The topological polar surface area (TPSA) is 89.2 Å². The molecule has 0 saturated heterocycles. The van der Waals surface area contributed by atoms with Gasteiger partial charge in [0.15, 0.2) is 16.9 Å². The Hall–Kier alpha value is -3.32. The summed E-state index contributed by atoms with van der Waals surface area (Å²) >= 11 is 0. The first-order chi connectivity index (χ1) is 14.1. The quantitative estimate of drug-likeness (QED) is 0.690. The third-order valence-electron chi connectivity index (χ3n) is 5.02. The molecule has 0 radical (unpaired) electrons. The lowest BCUT2D eigenvalue weighted by molar-refractivity contribution is 0.0691. The number of aliphatic hydroxyl groups excluding tert-OH is 1. The first kappa shape index (κ1) is 19.0. The normalized spacial score (nSPS) is 15.6. The Morgan fingerprint density at radius 3 is 2.66 bits per heavy atom. The van der Waals surface area contributed by atoms with Crippen molar-refractivity contribution in [3.63, 3.8) is 0 Å². The lowest BCUT2D eigenvalue weighted by Gasteiger charge is -2.25. The smallest absolute Gasteiger partial charge is 0.290 e. The summed E-state index contributed by atoms with van der Waals surface area (Å²) < 4.78 is 16.8. The number of hydrogen-bond acceptors (Lipinski definition) is 6. The Labute approximate surface area is 167 Å². The van der Waals surface area contributed by atoms with Crippen molar-refractivity contribution in [3.05, 3.63) is 69.6 Å². The number of amides is 1. The van der Waals surface area contributed by atoms with Crippen LogP contribution < -0.4 is 14.9 Å². The molecular formula is C22H21NO6. The molecule has 1 amide bonds. The van der Waals surface area contributed by atoms with E-state index >= 15 is 0 Å². The third kappa shape index (κ3) is 3.03. The van der Waals surface area contributed by atoms with E-state index in [1.165, 1.54) is 12.0 Å². The van der Waals surface area contributed by atoms with Crippen molar-refractivity contribution >= 4 is 16.9 Å². The van der Waals surface area contributed by atoms with Crippen molar-refractivity contribution < 1.29 is 23.8 Å². The molecule has 0 bridgehead atoms. The maximum atomic E-state index is 13.3. The van der Waals surface area contributed by atoms with Crippen molar-refractivity contribution in [1.29, 1.82) is 0 Å². The van der Waals surface area contributed by atoms with Crippen LogP contribution in [0.1, 0.15) is 34.6 Å². The van der Waals surface area contributed by atoms with E-state index in [4.69, 9.17) is 13.9 Å². The largest absolute Gasteiger partial charge is 0.493 e. The van der Waals surface area contributed by atoms with Gasteiger partial charge in [-0.15, -0.1) is 0 Å². The number of ether oxygens (including phenoxy) is 2. The highest BCUT2D eigenvalue weighted by molar-refractivity contribution is 5.99. The van der Waals surface area contributed by atoms with E-state index in [-0.39, 0.29) is 29.9 Å². The van der Waals surface area contributed by atoms with Gasteiger partial charge in [-0.1, -0.05) is 18.2 Å². The predicted octanol–water partition coefficient (Wildman–Crippen LogP) is 2.74. The summed E-state index contributed by atoms with van der Waals surface area (Å²) in [6, 6.07) is 11.4.